The number of halogens is 1. The third kappa shape index (κ3) is 5.59. The number of ether oxygens (including phenoxy) is 1. The van der Waals surface area contributed by atoms with Gasteiger partial charge in [-0.25, -0.2) is 9.18 Å². The van der Waals surface area contributed by atoms with Crippen molar-refractivity contribution in [2.24, 2.45) is 5.92 Å². The van der Waals surface area contributed by atoms with E-state index >= 15 is 0 Å². The van der Waals surface area contributed by atoms with E-state index in [-0.39, 0.29) is 36.3 Å². The lowest BCUT2D eigenvalue weighted by Crippen LogP contribution is -2.50. The highest BCUT2D eigenvalue weighted by molar-refractivity contribution is 5.80. The number of hydrogen-bond donors (Lipinski definition) is 1. The summed E-state index contributed by atoms with van der Waals surface area (Å²) in [7, 11) is 0. The van der Waals surface area contributed by atoms with Gasteiger partial charge in [-0.3, -0.25) is 4.79 Å². The minimum Gasteiger partial charge on any atom is -0.445 e. The van der Waals surface area contributed by atoms with E-state index in [1.54, 1.807) is 6.07 Å². The topological polar surface area (TPSA) is 58.6 Å². The van der Waals surface area contributed by atoms with Crippen molar-refractivity contribution in [1.29, 1.82) is 0 Å². The molecule has 5 nitrogen and oxygen atoms in total. The van der Waals surface area contributed by atoms with E-state index in [2.05, 4.69) is 5.32 Å². The molecule has 0 radical (unpaired) electrons. The van der Waals surface area contributed by atoms with Crippen molar-refractivity contribution in [3.63, 3.8) is 0 Å². The summed E-state index contributed by atoms with van der Waals surface area (Å²) in [6, 6.07) is 23.7. The highest BCUT2D eigenvalue weighted by Crippen LogP contribution is 2.33. The molecule has 1 saturated carbocycles. The summed E-state index contributed by atoms with van der Waals surface area (Å²) >= 11 is 0. The van der Waals surface area contributed by atoms with Gasteiger partial charge in [-0.15, -0.1) is 0 Å². The standard InChI is InChI=1S/C30H31FN2O3/c31-26-14-6-13-25(19-26)24-12-4-9-22(17-24)18-28-27(15-16-33(28)29(34)23-10-5-11-23)32-30(35)36-20-21-7-2-1-3-8-21/h1-4,6-9,12-14,17,19,23,27-28H,5,10-11,15-16,18,20H2,(H,32,35)/t27-,28-/m0/s1. The molecule has 2 amide bonds. The summed E-state index contributed by atoms with van der Waals surface area (Å²) in [5.74, 6) is 0.00800. The number of amides is 2. The molecule has 3 aromatic carbocycles. The molecule has 2 aliphatic rings. The SMILES string of the molecule is O=C(N[C@H]1CCN(C(=O)C2CCC2)[C@H]1Cc1cccc(-c2cccc(F)c2)c1)OCc1ccccc1. The van der Waals surface area contributed by atoms with Gasteiger partial charge in [0.15, 0.2) is 0 Å². The molecule has 1 aliphatic heterocycles. The van der Waals surface area contributed by atoms with Crippen molar-refractivity contribution in [1.82, 2.24) is 10.2 Å². The van der Waals surface area contributed by atoms with Gasteiger partial charge in [-0.1, -0.05) is 73.2 Å². The lowest BCUT2D eigenvalue weighted by Gasteiger charge is -2.34. The maximum atomic E-state index is 13.8. The summed E-state index contributed by atoms with van der Waals surface area (Å²) in [4.78, 5) is 27.8. The minimum atomic E-state index is -0.472. The smallest absolute Gasteiger partial charge is 0.407 e. The summed E-state index contributed by atoms with van der Waals surface area (Å²) in [5.41, 5.74) is 3.70. The molecule has 2 fully saturated rings. The monoisotopic (exact) mass is 486 g/mol. The van der Waals surface area contributed by atoms with Crippen molar-refractivity contribution < 1.29 is 18.7 Å². The van der Waals surface area contributed by atoms with Crippen LogP contribution in [-0.4, -0.2) is 35.5 Å². The molecule has 1 aliphatic carbocycles. The normalized spacial score (nSPS) is 19.5. The maximum Gasteiger partial charge on any atom is 0.407 e. The van der Waals surface area contributed by atoms with Crippen LogP contribution in [0.1, 0.15) is 36.8 Å². The molecule has 186 valence electrons. The van der Waals surface area contributed by atoms with Crippen LogP contribution in [0.25, 0.3) is 11.1 Å². The highest BCUT2D eigenvalue weighted by atomic mass is 19.1. The van der Waals surface area contributed by atoms with Gasteiger partial charge in [0.05, 0.1) is 12.1 Å². The molecule has 1 saturated heterocycles. The lowest BCUT2D eigenvalue weighted by atomic mass is 9.84. The second kappa shape index (κ2) is 10.9. The fourth-order valence-corrected chi connectivity index (χ4v) is 5.14. The number of rotatable bonds is 7. The Morgan fingerprint density at radius 1 is 0.889 bits per heavy atom. The number of benzene rings is 3. The molecular weight excluding hydrogens is 455 g/mol. The number of likely N-dealkylation sites (tertiary alicyclic amines) is 1. The van der Waals surface area contributed by atoms with E-state index in [9.17, 15) is 14.0 Å². The van der Waals surface area contributed by atoms with E-state index in [0.29, 0.717) is 19.4 Å². The third-order valence-corrected chi connectivity index (χ3v) is 7.33. The molecule has 6 heteroatoms. The largest absolute Gasteiger partial charge is 0.445 e. The first-order chi connectivity index (χ1) is 17.6. The molecule has 1 heterocycles. The van der Waals surface area contributed by atoms with Crippen molar-refractivity contribution in [2.45, 2.75) is 50.8 Å². The van der Waals surface area contributed by atoms with Gasteiger partial charge in [-0.05, 0) is 60.1 Å². The van der Waals surface area contributed by atoms with E-state index in [1.807, 2.05) is 65.6 Å². The summed E-state index contributed by atoms with van der Waals surface area (Å²) in [6.07, 6.45) is 3.79. The second-order valence-electron chi connectivity index (χ2n) is 9.74. The molecular formula is C30H31FN2O3. The van der Waals surface area contributed by atoms with E-state index < -0.39 is 6.09 Å². The lowest BCUT2D eigenvalue weighted by molar-refractivity contribution is -0.139. The van der Waals surface area contributed by atoms with E-state index in [4.69, 9.17) is 4.74 Å². The Morgan fingerprint density at radius 3 is 2.33 bits per heavy atom. The average molecular weight is 487 g/mol. The van der Waals surface area contributed by atoms with Crippen LogP contribution in [-0.2, 0) is 22.6 Å². The van der Waals surface area contributed by atoms with E-state index in [1.165, 1.54) is 12.1 Å². The van der Waals surface area contributed by atoms with Gasteiger partial charge in [0.1, 0.15) is 12.4 Å². The first kappa shape index (κ1) is 24.0. The van der Waals surface area contributed by atoms with Gasteiger partial charge < -0.3 is 15.0 Å². The van der Waals surface area contributed by atoms with Gasteiger partial charge in [-0.2, -0.15) is 0 Å². The fourth-order valence-electron chi connectivity index (χ4n) is 5.14. The summed E-state index contributed by atoms with van der Waals surface area (Å²) in [6.45, 7) is 0.817. The van der Waals surface area contributed by atoms with Crippen molar-refractivity contribution >= 4 is 12.0 Å². The Kier molecular flexibility index (Phi) is 7.31. The first-order valence-corrected chi connectivity index (χ1v) is 12.7. The van der Waals surface area contributed by atoms with Crippen LogP contribution in [0, 0.1) is 11.7 Å². The number of carbonyl (C=O) groups is 2. The van der Waals surface area contributed by atoms with Crippen molar-refractivity contribution in [3.05, 3.63) is 95.8 Å². The number of carbonyl (C=O) groups excluding carboxylic acids is 2. The highest BCUT2D eigenvalue weighted by Gasteiger charge is 2.41. The van der Waals surface area contributed by atoms with Gasteiger partial charge >= 0.3 is 6.09 Å². The van der Waals surface area contributed by atoms with Crippen LogP contribution in [0.15, 0.2) is 78.9 Å². The van der Waals surface area contributed by atoms with Crippen LogP contribution in [0.2, 0.25) is 0 Å². The molecule has 36 heavy (non-hydrogen) atoms. The molecule has 0 unspecified atom stereocenters. The summed E-state index contributed by atoms with van der Waals surface area (Å²) in [5, 5.41) is 3.03. The van der Waals surface area contributed by atoms with Crippen LogP contribution >= 0.6 is 0 Å². The molecule has 0 bridgehead atoms. The van der Waals surface area contributed by atoms with Crippen LogP contribution in [0.3, 0.4) is 0 Å². The quantitative estimate of drug-likeness (QED) is 0.464. The maximum absolute atomic E-state index is 13.8. The number of alkyl carbamates (subject to hydrolysis) is 1. The molecule has 1 N–H and O–H groups in total. The molecule has 3 aromatic rings. The number of hydrogen-bond acceptors (Lipinski definition) is 3. The average Bonchev–Trinajstić information content (AvgIpc) is 3.24. The third-order valence-electron chi connectivity index (χ3n) is 7.33. The predicted molar refractivity (Wildman–Crippen MR) is 137 cm³/mol. The first-order valence-electron chi connectivity index (χ1n) is 12.7. The zero-order valence-corrected chi connectivity index (χ0v) is 20.2. The second-order valence-corrected chi connectivity index (χ2v) is 9.74. The van der Waals surface area contributed by atoms with Crippen LogP contribution in [0.5, 0.6) is 0 Å². The summed E-state index contributed by atoms with van der Waals surface area (Å²) < 4.78 is 19.2. The number of nitrogens with zero attached hydrogens (tertiary/aromatic N) is 1. The van der Waals surface area contributed by atoms with Gasteiger partial charge in [0, 0.05) is 12.5 Å². The van der Waals surface area contributed by atoms with Crippen LogP contribution < -0.4 is 5.32 Å². The Morgan fingerprint density at radius 2 is 1.61 bits per heavy atom. The fraction of sp³-hybridized carbons (Fsp3) is 0.333. The Balaban J connectivity index is 1.31. The predicted octanol–water partition coefficient (Wildman–Crippen LogP) is 5.73. The Labute approximate surface area is 211 Å². The Bertz CT molecular complexity index is 1210. The zero-order valence-electron chi connectivity index (χ0n) is 20.2. The molecule has 0 aromatic heterocycles. The Hall–Kier alpha value is -3.67. The molecule has 0 spiro atoms. The van der Waals surface area contributed by atoms with Crippen molar-refractivity contribution in [2.75, 3.05) is 6.54 Å². The van der Waals surface area contributed by atoms with E-state index in [0.717, 1.165) is 41.5 Å². The zero-order chi connectivity index (χ0) is 24.9. The molecule has 2 atom stereocenters. The van der Waals surface area contributed by atoms with Crippen molar-refractivity contribution in [3.8, 4) is 11.1 Å². The van der Waals surface area contributed by atoms with Gasteiger partial charge in [0.2, 0.25) is 5.91 Å². The van der Waals surface area contributed by atoms with Gasteiger partial charge in [0.25, 0.3) is 0 Å². The van der Waals surface area contributed by atoms with Crippen LogP contribution in [0.4, 0.5) is 9.18 Å². The minimum absolute atomic E-state index is 0.0925. The molecule has 5 rings (SSSR count). The number of nitrogens with one attached hydrogen (secondary N) is 1.